The summed E-state index contributed by atoms with van der Waals surface area (Å²) in [5.74, 6) is -0.268. The molecule has 0 saturated carbocycles. The average molecular weight is 505 g/mol. The lowest BCUT2D eigenvalue weighted by atomic mass is 9.79. The Morgan fingerprint density at radius 1 is 1.17 bits per heavy atom. The molecule has 0 unspecified atom stereocenters. The smallest absolute Gasteiger partial charge is 0.321 e. The number of carbonyl (C=O) groups excluding carboxylic acids is 1. The summed E-state index contributed by atoms with van der Waals surface area (Å²) in [5.41, 5.74) is 0.306. The fourth-order valence-corrected chi connectivity index (χ4v) is 4.71. The molecule has 4 heterocycles. The van der Waals surface area contributed by atoms with Gasteiger partial charge < -0.3 is 29.9 Å². The molecule has 2 aliphatic heterocycles. The van der Waals surface area contributed by atoms with Crippen LogP contribution in [-0.2, 0) is 16.8 Å². The predicted octanol–water partition coefficient (Wildman–Crippen LogP) is 3.13. The fraction of sp³-hybridized carbons (Fsp3) is 0.667. The van der Waals surface area contributed by atoms with Crippen molar-refractivity contribution in [3.05, 3.63) is 23.3 Å². The topological polar surface area (TPSA) is 121 Å². The van der Waals surface area contributed by atoms with Crippen LogP contribution >= 0.6 is 0 Å². The molecule has 0 bridgehead atoms. The lowest BCUT2D eigenvalue weighted by Crippen LogP contribution is -2.72. The van der Waals surface area contributed by atoms with Gasteiger partial charge in [-0.2, -0.15) is 10.1 Å². The van der Waals surface area contributed by atoms with E-state index in [0.717, 1.165) is 24.0 Å². The SMILES string of the molecule is COCCCOc1ncc(F)c(Nc2n[nH]c3c2CN(C(=O)N2CCNC(C)(C)C2(C)C)C3(C)C)n1. The minimum Gasteiger partial charge on any atom is -0.463 e. The highest BCUT2D eigenvalue weighted by molar-refractivity contribution is 5.79. The largest absolute Gasteiger partial charge is 0.463 e. The van der Waals surface area contributed by atoms with E-state index >= 15 is 0 Å². The third kappa shape index (κ3) is 4.47. The molecule has 3 N–H and O–H groups in total. The molecule has 198 valence electrons. The Morgan fingerprint density at radius 2 is 1.92 bits per heavy atom. The molecule has 1 saturated heterocycles. The highest BCUT2D eigenvalue weighted by atomic mass is 19.1. The average Bonchev–Trinajstić information content (AvgIpc) is 3.33. The maximum Gasteiger partial charge on any atom is 0.321 e. The van der Waals surface area contributed by atoms with Crippen molar-refractivity contribution in [1.29, 1.82) is 0 Å². The van der Waals surface area contributed by atoms with E-state index in [4.69, 9.17) is 9.47 Å². The molecule has 2 aromatic heterocycles. The lowest BCUT2D eigenvalue weighted by molar-refractivity contribution is 0.00829. The second-order valence-corrected chi connectivity index (χ2v) is 10.8. The van der Waals surface area contributed by atoms with Crippen molar-refractivity contribution in [2.75, 3.05) is 38.7 Å². The van der Waals surface area contributed by atoms with E-state index < -0.39 is 16.9 Å². The first kappa shape index (κ1) is 26.1. The molecule has 2 aromatic rings. The van der Waals surface area contributed by atoms with Crippen LogP contribution in [-0.4, -0.2) is 80.5 Å². The van der Waals surface area contributed by atoms with Crippen LogP contribution in [0.2, 0.25) is 0 Å². The Balaban J connectivity index is 1.54. The molecule has 0 aliphatic carbocycles. The van der Waals surface area contributed by atoms with Crippen LogP contribution < -0.4 is 15.4 Å². The van der Waals surface area contributed by atoms with Gasteiger partial charge >= 0.3 is 12.0 Å². The van der Waals surface area contributed by atoms with Crippen molar-refractivity contribution >= 4 is 17.7 Å². The molecule has 36 heavy (non-hydrogen) atoms. The standard InChI is InChI=1S/C24H37FN8O3/c1-22(2)17-15(14-33(22)21(34)32-10-9-27-23(3,4)24(32,5)6)18(31-30-17)28-19-16(25)13-26-20(29-19)36-12-8-11-35-7/h13,27H,8-12,14H2,1-7H3,(H2,26,28,29,30,31). The maximum atomic E-state index is 14.5. The van der Waals surface area contributed by atoms with Crippen molar-refractivity contribution in [3.63, 3.8) is 0 Å². The number of H-pyrrole nitrogens is 1. The first-order valence-electron chi connectivity index (χ1n) is 12.2. The molecule has 0 radical (unpaired) electrons. The number of carbonyl (C=O) groups is 1. The summed E-state index contributed by atoms with van der Waals surface area (Å²) in [6.07, 6.45) is 1.72. The van der Waals surface area contributed by atoms with Crippen molar-refractivity contribution in [3.8, 4) is 6.01 Å². The number of aromatic nitrogens is 4. The van der Waals surface area contributed by atoms with Crippen LogP contribution in [0.1, 0.15) is 59.2 Å². The number of nitrogens with one attached hydrogen (secondary N) is 3. The van der Waals surface area contributed by atoms with Crippen LogP contribution in [0.15, 0.2) is 6.20 Å². The molecule has 12 heteroatoms. The van der Waals surface area contributed by atoms with E-state index in [0.29, 0.717) is 38.5 Å². The van der Waals surface area contributed by atoms with Crippen LogP contribution in [0.3, 0.4) is 0 Å². The van der Waals surface area contributed by atoms with E-state index in [9.17, 15) is 9.18 Å². The Morgan fingerprint density at radius 3 is 2.64 bits per heavy atom. The number of piperazine rings is 1. The van der Waals surface area contributed by atoms with Crippen LogP contribution in [0.25, 0.3) is 0 Å². The first-order chi connectivity index (χ1) is 16.9. The lowest BCUT2D eigenvalue weighted by Gasteiger charge is -2.55. The van der Waals surface area contributed by atoms with Gasteiger partial charge in [0.1, 0.15) is 0 Å². The van der Waals surface area contributed by atoms with Crippen molar-refractivity contribution in [2.45, 2.75) is 71.1 Å². The summed E-state index contributed by atoms with van der Waals surface area (Å²) in [6.45, 7) is 14.9. The Bertz CT molecular complexity index is 1120. The van der Waals surface area contributed by atoms with Gasteiger partial charge in [-0.15, -0.1) is 0 Å². The number of amides is 2. The molecule has 2 amide bonds. The highest BCUT2D eigenvalue weighted by Crippen LogP contribution is 2.43. The second-order valence-electron chi connectivity index (χ2n) is 10.8. The molecular formula is C24H37FN8O3. The van der Waals surface area contributed by atoms with Gasteiger partial charge in [0.25, 0.3) is 0 Å². The van der Waals surface area contributed by atoms with Gasteiger partial charge in [-0.05, 0) is 41.5 Å². The normalized spacial score (nSPS) is 19.8. The quantitative estimate of drug-likeness (QED) is 0.492. The van der Waals surface area contributed by atoms with Crippen LogP contribution in [0, 0.1) is 5.82 Å². The molecule has 0 atom stereocenters. The van der Waals surface area contributed by atoms with E-state index in [2.05, 4.69) is 58.5 Å². The Labute approximate surface area is 211 Å². The number of nitrogens with zero attached hydrogens (tertiary/aromatic N) is 5. The molecule has 0 spiro atoms. The summed E-state index contributed by atoms with van der Waals surface area (Å²) in [7, 11) is 1.61. The number of halogens is 1. The zero-order valence-corrected chi connectivity index (χ0v) is 22.2. The molecule has 11 nitrogen and oxygen atoms in total. The van der Waals surface area contributed by atoms with Gasteiger partial charge in [-0.3, -0.25) is 5.10 Å². The number of ether oxygens (including phenoxy) is 2. The fourth-order valence-electron chi connectivity index (χ4n) is 4.71. The zero-order chi connectivity index (χ0) is 26.3. The minimum absolute atomic E-state index is 0.0462. The minimum atomic E-state index is -0.635. The van der Waals surface area contributed by atoms with Gasteiger partial charge in [0.2, 0.25) is 0 Å². The number of methoxy groups -OCH3 is 1. The molecule has 2 aliphatic rings. The maximum absolute atomic E-state index is 14.5. The van der Waals surface area contributed by atoms with Gasteiger partial charge in [-0.1, -0.05) is 0 Å². The highest BCUT2D eigenvalue weighted by Gasteiger charge is 2.51. The van der Waals surface area contributed by atoms with E-state index in [1.165, 1.54) is 0 Å². The van der Waals surface area contributed by atoms with Crippen molar-refractivity contribution in [2.24, 2.45) is 0 Å². The summed E-state index contributed by atoms with van der Waals surface area (Å²) in [5, 5.41) is 13.9. The van der Waals surface area contributed by atoms with E-state index in [1.807, 2.05) is 23.6 Å². The first-order valence-corrected chi connectivity index (χ1v) is 12.2. The van der Waals surface area contributed by atoms with E-state index in [1.54, 1.807) is 7.11 Å². The molecule has 0 aromatic carbocycles. The third-order valence-electron chi connectivity index (χ3n) is 7.72. The summed E-state index contributed by atoms with van der Waals surface area (Å²) in [4.78, 5) is 25.7. The monoisotopic (exact) mass is 504 g/mol. The number of rotatable bonds is 7. The molecular weight excluding hydrogens is 467 g/mol. The zero-order valence-electron chi connectivity index (χ0n) is 22.2. The Kier molecular flexibility index (Phi) is 6.86. The van der Waals surface area contributed by atoms with Gasteiger partial charge in [0, 0.05) is 44.3 Å². The Hall–Kier alpha value is -2.99. The number of urea groups is 1. The number of fused-ring (bicyclic) bond motifs is 1. The van der Waals surface area contributed by atoms with Gasteiger partial charge in [-0.25, -0.2) is 14.2 Å². The summed E-state index contributed by atoms with van der Waals surface area (Å²) >= 11 is 0. The number of hydrogen-bond acceptors (Lipinski definition) is 8. The summed E-state index contributed by atoms with van der Waals surface area (Å²) in [6, 6.07) is 0.0120. The number of aromatic amines is 1. The third-order valence-corrected chi connectivity index (χ3v) is 7.72. The van der Waals surface area contributed by atoms with Gasteiger partial charge in [0.15, 0.2) is 17.5 Å². The van der Waals surface area contributed by atoms with Crippen molar-refractivity contribution in [1.82, 2.24) is 35.3 Å². The van der Waals surface area contributed by atoms with E-state index in [-0.39, 0.29) is 23.4 Å². The van der Waals surface area contributed by atoms with Crippen molar-refractivity contribution < 1.29 is 18.7 Å². The second kappa shape index (κ2) is 9.47. The molecule has 4 rings (SSSR count). The van der Waals surface area contributed by atoms with Crippen LogP contribution in [0.4, 0.5) is 20.8 Å². The van der Waals surface area contributed by atoms with Crippen LogP contribution in [0.5, 0.6) is 6.01 Å². The number of hydrogen-bond donors (Lipinski definition) is 3. The predicted molar refractivity (Wildman–Crippen MR) is 133 cm³/mol. The number of anilines is 2. The van der Waals surface area contributed by atoms with Gasteiger partial charge in [0.05, 0.1) is 36.1 Å². The molecule has 1 fully saturated rings. The summed E-state index contributed by atoms with van der Waals surface area (Å²) < 4.78 is 25.0.